The van der Waals surface area contributed by atoms with Gasteiger partial charge in [0.05, 0.1) is 6.61 Å². The molecular formula is C15H21NO. The number of aryl methyl sites for hydroxylation is 1. The van der Waals surface area contributed by atoms with Crippen molar-refractivity contribution < 1.29 is 4.74 Å². The highest BCUT2D eigenvalue weighted by Gasteiger charge is 2.21. The maximum atomic E-state index is 5.67. The summed E-state index contributed by atoms with van der Waals surface area (Å²) in [4.78, 5) is 0. The highest BCUT2D eigenvalue weighted by molar-refractivity contribution is 5.47. The smallest absolute Gasteiger partial charge is 0.122 e. The minimum atomic E-state index is 0.863. The number of ether oxygens (including phenoxy) is 1. The standard InChI is InChI=1S/C15H21NO/c1-11-2-3-15-13(6-9-17-15)14(11)10-12-4-7-16-8-5-12/h2-3,12,16H,4-10H2,1H3. The van der Waals surface area contributed by atoms with Crippen LogP contribution in [0, 0.1) is 12.8 Å². The quantitative estimate of drug-likeness (QED) is 0.844. The number of hydrogen-bond donors (Lipinski definition) is 1. The molecule has 0 aliphatic carbocycles. The fraction of sp³-hybridized carbons (Fsp3) is 0.600. The number of hydrogen-bond acceptors (Lipinski definition) is 2. The Labute approximate surface area is 103 Å². The van der Waals surface area contributed by atoms with Gasteiger partial charge in [-0.2, -0.15) is 0 Å². The molecule has 1 aromatic rings. The molecule has 0 radical (unpaired) electrons. The van der Waals surface area contributed by atoms with Gasteiger partial charge in [0.25, 0.3) is 0 Å². The van der Waals surface area contributed by atoms with Crippen molar-refractivity contribution in [2.75, 3.05) is 19.7 Å². The van der Waals surface area contributed by atoms with E-state index in [1.54, 1.807) is 5.56 Å². The van der Waals surface area contributed by atoms with Crippen LogP contribution < -0.4 is 10.1 Å². The van der Waals surface area contributed by atoms with E-state index >= 15 is 0 Å². The third-order valence-corrected chi connectivity index (χ3v) is 4.18. The molecule has 1 saturated heterocycles. The summed E-state index contributed by atoms with van der Waals surface area (Å²) in [7, 11) is 0. The number of piperidine rings is 1. The zero-order valence-electron chi connectivity index (χ0n) is 10.6. The third kappa shape index (κ3) is 2.19. The first-order chi connectivity index (χ1) is 8.34. The number of nitrogens with one attached hydrogen (secondary N) is 1. The molecule has 0 amide bonds. The lowest BCUT2D eigenvalue weighted by atomic mass is 9.86. The van der Waals surface area contributed by atoms with Gasteiger partial charge in [0.2, 0.25) is 0 Å². The zero-order valence-corrected chi connectivity index (χ0v) is 10.6. The Morgan fingerprint density at radius 2 is 2.12 bits per heavy atom. The van der Waals surface area contributed by atoms with E-state index in [1.165, 1.54) is 43.5 Å². The summed E-state index contributed by atoms with van der Waals surface area (Å²) in [6.07, 6.45) is 5.01. The van der Waals surface area contributed by atoms with Gasteiger partial charge in [-0.25, -0.2) is 0 Å². The zero-order chi connectivity index (χ0) is 11.7. The van der Waals surface area contributed by atoms with Gasteiger partial charge in [-0.3, -0.25) is 0 Å². The Hall–Kier alpha value is -1.02. The van der Waals surface area contributed by atoms with Crippen molar-refractivity contribution in [3.05, 3.63) is 28.8 Å². The van der Waals surface area contributed by atoms with Crippen LogP contribution in [0.5, 0.6) is 5.75 Å². The number of fused-ring (bicyclic) bond motifs is 1. The van der Waals surface area contributed by atoms with Crippen molar-refractivity contribution in [3.8, 4) is 5.75 Å². The van der Waals surface area contributed by atoms with Crippen LogP contribution in [-0.4, -0.2) is 19.7 Å². The van der Waals surface area contributed by atoms with Gasteiger partial charge in [-0.15, -0.1) is 0 Å². The van der Waals surface area contributed by atoms with E-state index in [0.717, 1.165) is 24.7 Å². The SMILES string of the molecule is Cc1ccc2c(c1CC1CCNCC1)CCO2. The van der Waals surface area contributed by atoms with Gasteiger partial charge in [-0.05, 0) is 62.4 Å². The van der Waals surface area contributed by atoms with Gasteiger partial charge < -0.3 is 10.1 Å². The van der Waals surface area contributed by atoms with Crippen LogP contribution in [0.3, 0.4) is 0 Å². The van der Waals surface area contributed by atoms with Crippen molar-refractivity contribution in [1.82, 2.24) is 5.32 Å². The van der Waals surface area contributed by atoms with Gasteiger partial charge in [0.1, 0.15) is 5.75 Å². The van der Waals surface area contributed by atoms with Crippen molar-refractivity contribution in [3.63, 3.8) is 0 Å². The molecule has 2 nitrogen and oxygen atoms in total. The number of rotatable bonds is 2. The summed E-state index contributed by atoms with van der Waals surface area (Å²) in [6, 6.07) is 4.37. The lowest BCUT2D eigenvalue weighted by Gasteiger charge is -2.24. The molecule has 0 spiro atoms. The van der Waals surface area contributed by atoms with Crippen LogP contribution in [0.2, 0.25) is 0 Å². The van der Waals surface area contributed by atoms with E-state index in [0.29, 0.717) is 0 Å². The first kappa shape index (κ1) is 11.1. The second kappa shape index (κ2) is 4.69. The fourth-order valence-electron chi connectivity index (χ4n) is 3.12. The second-order valence-electron chi connectivity index (χ2n) is 5.33. The molecule has 17 heavy (non-hydrogen) atoms. The predicted molar refractivity (Wildman–Crippen MR) is 69.7 cm³/mol. The normalized spacial score (nSPS) is 20.1. The minimum Gasteiger partial charge on any atom is -0.493 e. The van der Waals surface area contributed by atoms with Crippen LogP contribution in [0.4, 0.5) is 0 Å². The third-order valence-electron chi connectivity index (χ3n) is 4.18. The van der Waals surface area contributed by atoms with E-state index in [-0.39, 0.29) is 0 Å². The molecule has 1 fully saturated rings. The van der Waals surface area contributed by atoms with Crippen molar-refractivity contribution in [2.45, 2.75) is 32.6 Å². The summed E-state index contributed by atoms with van der Waals surface area (Å²) in [5, 5.41) is 3.44. The molecule has 1 aromatic carbocycles. The molecule has 2 heterocycles. The lowest BCUT2D eigenvalue weighted by molar-refractivity contribution is 0.356. The van der Waals surface area contributed by atoms with Gasteiger partial charge in [-0.1, -0.05) is 6.07 Å². The second-order valence-corrected chi connectivity index (χ2v) is 5.33. The molecule has 2 aliphatic rings. The summed E-state index contributed by atoms with van der Waals surface area (Å²) < 4.78 is 5.67. The predicted octanol–water partition coefficient (Wildman–Crippen LogP) is 2.47. The fourth-order valence-corrected chi connectivity index (χ4v) is 3.12. The first-order valence-electron chi connectivity index (χ1n) is 6.79. The maximum Gasteiger partial charge on any atom is 0.122 e. The molecule has 1 N–H and O–H groups in total. The largest absolute Gasteiger partial charge is 0.493 e. The molecule has 0 bridgehead atoms. The Morgan fingerprint density at radius 1 is 1.29 bits per heavy atom. The van der Waals surface area contributed by atoms with Crippen molar-refractivity contribution >= 4 is 0 Å². The summed E-state index contributed by atoms with van der Waals surface area (Å²) >= 11 is 0. The molecule has 0 aromatic heterocycles. The molecule has 0 saturated carbocycles. The van der Waals surface area contributed by atoms with Crippen LogP contribution >= 0.6 is 0 Å². The summed E-state index contributed by atoms with van der Waals surface area (Å²) in [5.74, 6) is 2.00. The van der Waals surface area contributed by atoms with Gasteiger partial charge in [0.15, 0.2) is 0 Å². The monoisotopic (exact) mass is 231 g/mol. The van der Waals surface area contributed by atoms with Gasteiger partial charge >= 0.3 is 0 Å². The molecule has 3 rings (SSSR count). The molecule has 0 unspecified atom stereocenters. The van der Waals surface area contributed by atoms with E-state index < -0.39 is 0 Å². The van der Waals surface area contributed by atoms with Crippen molar-refractivity contribution in [1.29, 1.82) is 0 Å². The van der Waals surface area contributed by atoms with E-state index in [1.807, 2.05) is 0 Å². The van der Waals surface area contributed by atoms with Crippen LogP contribution in [0.15, 0.2) is 12.1 Å². The van der Waals surface area contributed by atoms with Crippen LogP contribution in [0.25, 0.3) is 0 Å². The number of benzene rings is 1. The first-order valence-corrected chi connectivity index (χ1v) is 6.79. The molecular weight excluding hydrogens is 210 g/mol. The summed E-state index contributed by atoms with van der Waals surface area (Å²) in [5.41, 5.74) is 4.52. The maximum absolute atomic E-state index is 5.67. The van der Waals surface area contributed by atoms with E-state index in [4.69, 9.17) is 4.74 Å². The topological polar surface area (TPSA) is 21.3 Å². The minimum absolute atomic E-state index is 0.863. The summed E-state index contributed by atoms with van der Waals surface area (Å²) in [6.45, 7) is 5.50. The van der Waals surface area contributed by atoms with E-state index in [2.05, 4.69) is 24.4 Å². The highest BCUT2D eigenvalue weighted by atomic mass is 16.5. The lowest BCUT2D eigenvalue weighted by Crippen LogP contribution is -2.29. The molecule has 92 valence electrons. The average Bonchev–Trinajstić information content (AvgIpc) is 2.83. The van der Waals surface area contributed by atoms with Crippen LogP contribution in [-0.2, 0) is 12.8 Å². The molecule has 2 heteroatoms. The van der Waals surface area contributed by atoms with Gasteiger partial charge in [0, 0.05) is 12.0 Å². The Morgan fingerprint density at radius 3 is 2.94 bits per heavy atom. The molecule has 0 atom stereocenters. The van der Waals surface area contributed by atoms with E-state index in [9.17, 15) is 0 Å². The Bertz CT molecular complexity index is 408. The highest BCUT2D eigenvalue weighted by Crippen LogP contribution is 2.33. The molecule has 2 aliphatic heterocycles. The Kier molecular flexibility index (Phi) is 3.06. The Balaban J connectivity index is 1.84. The van der Waals surface area contributed by atoms with Crippen molar-refractivity contribution in [2.24, 2.45) is 5.92 Å². The van der Waals surface area contributed by atoms with Crippen LogP contribution in [0.1, 0.15) is 29.5 Å². The average molecular weight is 231 g/mol.